The summed E-state index contributed by atoms with van der Waals surface area (Å²) in [5.41, 5.74) is 5.01. The molecule has 0 N–H and O–H groups in total. The fourth-order valence-electron chi connectivity index (χ4n) is 2.10. The van der Waals surface area contributed by atoms with Crippen molar-refractivity contribution in [2.45, 2.75) is 13.8 Å². The van der Waals surface area contributed by atoms with E-state index in [9.17, 15) is 0 Å². The summed E-state index contributed by atoms with van der Waals surface area (Å²) in [4.78, 5) is 0. The van der Waals surface area contributed by atoms with E-state index < -0.39 is 0 Å². The van der Waals surface area contributed by atoms with E-state index in [4.69, 9.17) is 4.74 Å². The minimum absolute atomic E-state index is 0.949. The van der Waals surface area contributed by atoms with Crippen molar-refractivity contribution in [2.75, 3.05) is 7.11 Å². The van der Waals surface area contributed by atoms with Crippen LogP contribution in [0.25, 0.3) is 11.1 Å². The Kier molecular flexibility index (Phi) is 2.95. The number of rotatable bonds is 2. The Morgan fingerprint density at radius 3 is 2.19 bits per heavy atom. The molecule has 0 saturated carbocycles. The standard InChI is InChI=1S/C15H16O/c1-11-9-10-14(16-3)12(2)15(11)13-7-5-4-6-8-13/h4-10H,1-3H3. The third-order valence-electron chi connectivity index (χ3n) is 2.91. The van der Waals surface area contributed by atoms with Crippen LogP contribution in [0.4, 0.5) is 0 Å². The molecular formula is C15H16O. The Bertz CT molecular complexity index is 486. The van der Waals surface area contributed by atoms with Crippen LogP contribution >= 0.6 is 0 Å². The number of hydrogen-bond acceptors (Lipinski definition) is 1. The van der Waals surface area contributed by atoms with Gasteiger partial charge in [-0.25, -0.2) is 0 Å². The van der Waals surface area contributed by atoms with Crippen molar-refractivity contribution >= 4 is 0 Å². The average molecular weight is 212 g/mol. The molecular weight excluding hydrogens is 196 g/mol. The molecule has 0 amide bonds. The molecule has 2 aromatic carbocycles. The Labute approximate surface area is 96.7 Å². The number of aryl methyl sites for hydroxylation is 1. The van der Waals surface area contributed by atoms with Gasteiger partial charge in [0.2, 0.25) is 0 Å². The highest BCUT2D eigenvalue weighted by Crippen LogP contribution is 2.32. The van der Waals surface area contributed by atoms with Crippen molar-refractivity contribution in [3.05, 3.63) is 53.6 Å². The van der Waals surface area contributed by atoms with Crippen LogP contribution in [0.1, 0.15) is 11.1 Å². The molecule has 2 aromatic rings. The zero-order valence-corrected chi connectivity index (χ0v) is 9.95. The summed E-state index contributed by atoms with van der Waals surface area (Å²) in [7, 11) is 1.71. The molecule has 0 aliphatic rings. The number of benzene rings is 2. The molecule has 0 aliphatic heterocycles. The van der Waals surface area contributed by atoms with Gasteiger partial charge in [-0.1, -0.05) is 36.4 Å². The van der Waals surface area contributed by atoms with Gasteiger partial charge in [-0.2, -0.15) is 0 Å². The molecule has 0 aromatic heterocycles. The molecule has 0 heterocycles. The molecule has 1 heteroatoms. The monoisotopic (exact) mass is 212 g/mol. The smallest absolute Gasteiger partial charge is 0.122 e. The van der Waals surface area contributed by atoms with Gasteiger partial charge < -0.3 is 4.74 Å². The lowest BCUT2D eigenvalue weighted by molar-refractivity contribution is 0.412. The second-order valence-electron chi connectivity index (χ2n) is 3.95. The molecule has 0 atom stereocenters. The van der Waals surface area contributed by atoms with Crippen LogP contribution in [-0.4, -0.2) is 7.11 Å². The summed E-state index contributed by atoms with van der Waals surface area (Å²) in [6.45, 7) is 4.24. The molecule has 0 fully saturated rings. The Hall–Kier alpha value is -1.76. The highest BCUT2D eigenvalue weighted by molar-refractivity contribution is 5.73. The van der Waals surface area contributed by atoms with E-state index in [2.05, 4.69) is 44.2 Å². The highest BCUT2D eigenvalue weighted by atomic mass is 16.5. The Balaban J connectivity index is 2.64. The van der Waals surface area contributed by atoms with E-state index in [1.807, 2.05) is 12.1 Å². The van der Waals surface area contributed by atoms with Gasteiger partial charge in [0.15, 0.2) is 0 Å². The summed E-state index contributed by atoms with van der Waals surface area (Å²) in [6.07, 6.45) is 0. The van der Waals surface area contributed by atoms with Gasteiger partial charge in [-0.3, -0.25) is 0 Å². The lowest BCUT2D eigenvalue weighted by atomic mass is 9.95. The lowest BCUT2D eigenvalue weighted by Gasteiger charge is -2.13. The molecule has 82 valence electrons. The summed E-state index contributed by atoms with van der Waals surface area (Å²) in [6, 6.07) is 14.6. The summed E-state index contributed by atoms with van der Waals surface area (Å²) in [5.74, 6) is 0.949. The summed E-state index contributed by atoms with van der Waals surface area (Å²) < 4.78 is 5.36. The zero-order chi connectivity index (χ0) is 11.5. The molecule has 2 rings (SSSR count). The van der Waals surface area contributed by atoms with Crippen molar-refractivity contribution in [3.63, 3.8) is 0 Å². The van der Waals surface area contributed by atoms with Gasteiger partial charge >= 0.3 is 0 Å². The van der Waals surface area contributed by atoms with Gasteiger partial charge in [0.25, 0.3) is 0 Å². The first-order valence-electron chi connectivity index (χ1n) is 5.43. The van der Waals surface area contributed by atoms with Crippen molar-refractivity contribution < 1.29 is 4.74 Å². The van der Waals surface area contributed by atoms with Crippen molar-refractivity contribution in [2.24, 2.45) is 0 Å². The maximum atomic E-state index is 5.36. The fraction of sp³-hybridized carbons (Fsp3) is 0.200. The van der Waals surface area contributed by atoms with E-state index in [-0.39, 0.29) is 0 Å². The third-order valence-corrected chi connectivity index (χ3v) is 2.91. The predicted octanol–water partition coefficient (Wildman–Crippen LogP) is 3.98. The molecule has 0 spiro atoms. The molecule has 0 aliphatic carbocycles. The first-order chi connectivity index (χ1) is 7.74. The van der Waals surface area contributed by atoms with Crippen LogP contribution in [0, 0.1) is 13.8 Å². The van der Waals surface area contributed by atoms with Gasteiger partial charge in [-0.05, 0) is 42.2 Å². The fourth-order valence-corrected chi connectivity index (χ4v) is 2.10. The van der Waals surface area contributed by atoms with Gasteiger partial charge in [0.1, 0.15) is 5.75 Å². The molecule has 0 bridgehead atoms. The average Bonchev–Trinajstić information content (AvgIpc) is 2.31. The molecule has 0 unspecified atom stereocenters. The number of methoxy groups -OCH3 is 1. The Morgan fingerprint density at radius 2 is 1.56 bits per heavy atom. The number of hydrogen-bond donors (Lipinski definition) is 0. The van der Waals surface area contributed by atoms with E-state index in [0.717, 1.165) is 5.75 Å². The van der Waals surface area contributed by atoms with Crippen molar-refractivity contribution in [1.82, 2.24) is 0 Å². The topological polar surface area (TPSA) is 9.23 Å². The van der Waals surface area contributed by atoms with Crippen LogP contribution in [0.15, 0.2) is 42.5 Å². The highest BCUT2D eigenvalue weighted by Gasteiger charge is 2.09. The zero-order valence-electron chi connectivity index (χ0n) is 9.95. The van der Waals surface area contributed by atoms with Crippen LogP contribution in [0.2, 0.25) is 0 Å². The first-order valence-corrected chi connectivity index (χ1v) is 5.43. The van der Waals surface area contributed by atoms with E-state index in [1.54, 1.807) is 7.11 Å². The first kappa shape index (κ1) is 10.7. The summed E-state index contributed by atoms with van der Waals surface area (Å²) >= 11 is 0. The van der Waals surface area contributed by atoms with Gasteiger partial charge in [0.05, 0.1) is 7.11 Å². The van der Waals surface area contributed by atoms with Crippen LogP contribution < -0.4 is 4.74 Å². The molecule has 0 radical (unpaired) electrons. The number of ether oxygens (including phenoxy) is 1. The second-order valence-corrected chi connectivity index (χ2v) is 3.95. The van der Waals surface area contributed by atoms with E-state index in [0.29, 0.717) is 0 Å². The van der Waals surface area contributed by atoms with Crippen LogP contribution in [0.5, 0.6) is 5.75 Å². The predicted molar refractivity (Wildman–Crippen MR) is 67.9 cm³/mol. The maximum Gasteiger partial charge on any atom is 0.122 e. The van der Waals surface area contributed by atoms with Crippen molar-refractivity contribution in [1.29, 1.82) is 0 Å². The van der Waals surface area contributed by atoms with E-state index in [1.165, 1.54) is 22.3 Å². The minimum Gasteiger partial charge on any atom is -0.496 e. The second kappa shape index (κ2) is 4.40. The minimum atomic E-state index is 0.949. The molecule has 16 heavy (non-hydrogen) atoms. The lowest BCUT2D eigenvalue weighted by Crippen LogP contribution is -1.93. The largest absolute Gasteiger partial charge is 0.496 e. The van der Waals surface area contributed by atoms with Crippen LogP contribution in [0.3, 0.4) is 0 Å². The van der Waals surface area contributed by atoms with Crippen molar-refractivity contribution in [3.8, 4) is 16.9 Å². The quantitative estimate of drug-likeness (QED) is 0.731. The maximum absolute atomic E-state index is 5.36. The Morgan fingerprint density at radius 1 is 0.875 bits per heavy atom. The van der Waals surface area contributed by atoms with Crippen LogP contribution in [-0.2, 0) is 0 Å². The van der Waals surface area contributed by atoms with E-state index >= 15 is 0 Å². The normalized spacial score (nSPS) is 10.2. The van der Waals surface area contributed by atoms with Gasteiger partial charge in [-0.15, -0.1) is 0 Å². The third kappa shape index (κ3) is 1.81. The molecule has 1 nitrogen and oxygen atoms in total. The SMILES string of the molecule is COc1ccc(C)c(-c2ccccc2)c1C. The molecule has 0 saturated heterocycles. The van der Waals surface area contributed by atoms with Gasteiger partial charge in [0, 0.05) is 0 Å². The summed E-state index contributed by atoms with van der Waals surface area (Å²) in [5, 5.41) is 0.